The SMILES string of the molecule is CNCCN(C)C(=O)Cc1c(C)nn(C)c1C.Cl.Cl. The lowest BCUT2D eigenvalue weighted by atomic mass is 10.1. The maximum atomic E-state index is 12.0. The normalized spacial score (nSPS) is 9.53. The van der Waals surface area contributed by atoms with Gasteiger partial charge in [0.1, 0.15) is 0 Å². The van der Waals surface area contributed by atoms with E-state index in [1.165, 1.54) is 0 Å². The van der Waals surface area contributed by atoms with Crippen molar-refractivity contribution in [2.75, 3.05) is 27.2 Å². The van der Waals surface area contributed by atoms with E-state index in [0.717, 1.165) is 30.0 Å². The molecule has 0 saturated heterocycles. The van der Waals surface area contributed by atoms with E-state index in [0.29, 0.717) is 6.42 Å². The minimum absolute atomic E-state index is 0. The van der Waals surface area contributed by atoms with E-state index >= 15 is 0 Å². The molecular formula is C12H24Cl2N4O. The average Bonchev–Trinajstić information content (AvgIpc) is 2.52. The molecule has 0 bridgehead atoms. The van der Waals surface area contributed by atoms with Gasteiger partial charge < -0.3 is 10.2 Å². The Morgan fingerprint density at radius 3 is 2.37 bits per heavy atom. The van der Waals surface area contributed by atoms with Crippen molar-refractivity contribution < 1.29 is 4.79 Å². The Bertz CT molecular complexity index is 407. The number of nitrogens with one attached hydrogen (secondary N) is 1. The largest absolute Gasteiger partial charge is 0.344 e. The number of likely N-dealkylation sites (N-methyl/N-ethyl adjacent to an activating group) is 2. The van der Waals surface area contributed by atoms with E-state index in [-0.39, 0.29) is 30.7 Å². The molecule has 0 aromatic carbocycles. The van der Waals surface area contributed by atoms with Crippen molar-refractivity contribution in [3.8, 4) is 0 Å². The summed E-state index contributed by atoms with van der Waals surface area (Å²) in [6.07, 6.45) is 0.436. The number of hydrogen-bond acceptors (Lipinski definition) is 3. The minimum Gasteiger partial charge on any atom is -0.344 e. The van der Waals surface area contributed by atoms with Gasteiger partial charge in [-0.15, -0.1) is 24.8 Å². The fourth-order valence-electron chi connectivity index (χ4n) is 1.76. The number of carbonyl (C=O) groups excluding carboxylic acids is 1. The Morgan fingerprint density at radius 2 is 1.95 bits per heavy atom. The molecular weight excluding hydrogens is 287 g/mol. The first kappa shape index (κ1) is 20.5. The van der Waals surface area contributed by atoms with Crippen molar-refractivity contribution in [2.45, 2.75) is 20.3 Å². The van der Waals surface area contributed by atoms with Crippen LogP contribution in [0.5, 0.6) is 0 Å². The predicted octanol–water partition coefficient (Wildman–Crippen LogP) is 1.10. The Morgan fingerprint density at radius 1 is 1.37 bits per heavy atom. The maximum absolute atomic E-state index is 12.0. The number of rotatable bonds is 5. The monoisotopic (exact) mass is 310 g/mol. The van der Waals surface area contributed by atoms with Crippen LogP contribution in [-0.4, -0.2) is 47.8 Å². The van der Waals surface area contributed by atoms with Gasteiger partial charge >= 0.3 is 0 Å². The van der Waals surface area contributed by atoms with Crippen LogP contribution in [0.1, 0.15) is 17.0 Å². The van der Waals surface area contributed by atoms with Crippen LogP contribution in [0.3, 0.4) is 0 Å². The fraction of sp³-hybridized carbons (Fsp3) is 0.667. The highest BCUT2D eigenvalue weighted by Gasteiger charge is 2.15. The topological polar surface area (TPSA) is 50.2 Å². The molecule has 1 N–H and O–H groups in total. The number of nitrogens with zero attached hydrogens (tertiary/aromatic N) is 3. The summed E-state index contributed by atoms with van der Waals surface area (Å²) in [5.74, 6) is 0.138. The lowest BCUT2D eigenvalue weighted by Crippen LogP contribution is -2.33. The second-order valence-corrected chi connectivity index (χ2v) is 4.37. The number of amides is 1. The molecule has 0 aliphatic heterocycles. The molecule has 5 nitrogen and oxygen atoms in total. The molecule has 0 aliphatic rings. The van der Waals surface area contributed by atoms with Crippen LogP contribution in [-0.2, 0) is 18.3 Å². The van der Waals surface area contributed by atoms with Gasteiger partial charge in [0.15, 0.2) is 0 Å². The molecule has 0 saturated carbocycles. The summed E-state index contributed by atoms with van der Waals surface area (Å²) >= 11 is 0. The summed E-state index contributed by atoms with van der Waals surface area (Å²) in [5.41, 5.74) is 3.06. The molecule has 0 atom stereocenters. The molecule has 0 aliphatic carbocycles. The molecule has 1 heterocycles. The summed E-state index contributed by atoms with van der Waals surface area (Å²) in [6.45, 7) is 5.49. The third-order valence-electron chi connectivity index (χ3n) is 3.11. The van der Waals surface area contributed by atoms with Crippen molar-refractivity contribution in [3.05, 3.63) is 17.0 Å². The van der Waals surface area contributed by atoms with Gasteiger partial charge in [-0.05, 0) is 20.9 Å². The minimum atomic E-state index is 0. The molecule has 19 heavy (non-hydrogen) atoms. The molecule has 0 fully saturated rings. The zero-order chi connectivity index (χ0) is 13.0. The van der Waals surface area contributed by atoms with E-state index in [1.54, 1.807) is 4.90 Å². The number of carbonyl (C=O) groups is 1. The lowest BCUT2D eigenvalue weighted by molar-refractivity contribution is -0.129. The van der Waals surface area contributed by atoms with Gasteiger partial charge in [0.05, 0.1) is 12.1 Å². The Kier molecular flexibility index (Phi) is 9.92. The van der Waals surface area contributed by atoms with E-state index in [2.05, 4.69) is 10.4 Å². The first-order valence-electron chi connectivity index (χ1n) is 5.85. The predicted molar refractivity (Wildman–Crippen MR) is 82.4 cm³/mol. The van der Waals surface area contributed by atoms with Crippen LogP contribution >= 0.6 is 24.8 Å². The summed E-state index contributed by atoms with van der Waals surface area (Å²) in [4.78, 5) is 13.7. The van der Waals surface area contributed by atoms with Crippen molar-refractivity contribution in [1.82, 2.24) is 20.0 Å². The molecule has 1 amide bonds. The van der Waals surface area contributed by atoms with Crippen LogP contribution in [0.4, 0.5) is 0 Å². The van der Waals surface area contributed by atoms with Gasteiger partial charge in [0.25, 0.3) is 0 Å². The molecule has 0 spiro atoms. The standard InChI is InChI=1S/C12H22N4O.2ClH/c1-9-11(10(2)16(5)14-9)8-12(17)15(4)7-6-13-3;;/h13H,6-8H2,1-5H3;2*1H. The maximum Gasteiger partial charge on any atom is 0.226 e. The average molecular weight is 311 g/mol. The summed E-state index contributed by atoms with van der Waals surface area (Å²) in [6, 6.07) is 0. The van der Waals surface area contributed by atoms with E-state index in [4.69, 9.17) is 0 Å². The Balaban J connectivity index is 0. The molecule has 1 aromatic heterocycles. The Hall–Kier alpha value is -0.780. The van der Waals surface area contributed by atoms with Crippen molar-refractivity contribution in [1.29, 1.82) is 0 Å². The summed E-state index contributed by atoms with van der Waals surface area (Å²) < 4.78 is 1.82. The first-order chi connectivity index (χ1) is 7.97. The molecule has 1 rings (SSSR count). The first-order valence-corrected chi connectivity index (χ1v) is 5.85. The molecule has 0 radical (unpaired) electrons. The van der Waals surface area contributed by atoms with Gasteiger partial charge in [-0.25, -0.2) is 0 Å². The van der Waals surface area contributed by atoms with Gasteiger partial charge in [-0.2, -0.15) is 5.10 Å². The third-order valence-corrected chi connectivity index (χ3v) is 3.11. The van der Waals surface area contributed by atoms with Crippen molar-refractivity contribution in [2.24, 2.45) is 7.05 Å². The Labute approximate surface area is 127 Å². The molecule has 112 valence electrons. The van der Waals surface area contributed by atoms with Gasteiger partial charge in [-0.1, -0.05) is 0 Å². The van der Waals surface area contributed by atoms with E-state index < -0.39 is 0 Å². The number of halogens is 2. The highest BCUT2D eigenvalue weighted by molar-refractivity contribution is 5.85. The van der Waals surface area contributed by atoms with E-state index in [9.17, 15) is 4.79 Å². The van der Waals surface area contributed by atoms with E-state index in [1.807, 2.05) is 39.7 Å². The molecule has 1 aromatic rings. The second-order valence-electron chi connectivity index (χ2n) is 4.37. The van der Waals surface area contributed by atoms with Crippen LogP contribution in [0, 0.1) is 13.8 Å². The van der Waals surface area contributed by atoms with Crippen molar-refractivity contribution >= 4 is 30.7 Å². The highest BCUT2D eigenvalue weighted by Crippen LogP contribution is 2.13. The van der Waals surface area contributed by atoms with Crippen LogP contribution in [0.25, 0.3) is 0 Å². The zero-order valence-corrected chi connectivity index (χ0v) is 13.8. The van der Waals surface area contributed by atoms with Crippen LogP contribution in [0.15, 0.2) is 0 Å². The van der Waals surface area contributed by atoms with Gasteiger partial charge in [-0.3, -0.25) is 9.48 Å². The zero-order valence-electron chi connectivity index (χ0n) is 12.2. The van der Waals surface area contributed by atoms with Crippen LogP contribution in [0.2, 0.25) is 0 Å². The number of aryl methyl sites for hydroxylation is 2. The number of hydrogen-bond donors (Lipinski definition) is 1. The fourth-order valence-corrected chi connectivity index (χ4v) is 1.76. The van der Waals surface area contributed by atoms with Gasteiger partial charge in [0.2, 0.25) is 5.91 Å². The van der Waals surface area contributed by atoms with Gasteiger partial charge in [0, 0.05) is 38.4 Å². The summed E-state index contributed by atoms with van der Waals surface area (Å²) in [7, 11) is 5.62. The quantitative estimate of drug-likeness (QED) is 0.886. The third kappa shape index (κ3) is 5.38. The summed E-state index contributed by atoms with van der Waals surface area (Å²) in [5, 5.41) is 7.35. The van der Waals surface area contributed by atoms with Crippen molar-refractivity contribution in [3.63, 3.8) is 0 Å². The second kappa shape index (κ2) is 9.18. The van der Waals surface area contributed by atoms with Crippen LogP contribution < -0.4 is 5.32 Å². The molecule has 7 heteroatoms. The molecule has 0 unspecified atom stereocenters. The highest BCUT2D eigenvalue weighted by atomic mass is 35.5. The number of aromatic nitrogens is 2. The smallest absolute Gasteiger partial charge is 0.226 e. The lowest BCUT2D eigenvalue weighted by Gasteiger charge is -2.16.